The molecular formula is C13H26N2O4. The third-order valence-corrected chi connectivity index (χ3v) is 4.68. The zero-order valence-electron chi connectivity index (χ0n) is 11.8. The monoisotopic (exact) mass is 274 g/mol. The van der Waals surface area contributed by atoms with Gasteiger partial charge in [0.2, 0.25) is 0 Å². The maximum Gasteiger partial charge on any atom is 0.108 e. The van der Waals surface area contributed by atoms with Crippen LogP contribution in [0.1, 0.15) is 19.8 Å². The lowest BCUT2D eigenvalue weighted by Gasteiger charge is -2.50. The lowest BCUT2D eigenvalue weighted by atomic mass is 9.70. The van der Waals surface area contributed by atoms with E-state index in [1.807, 2.05) is 0 Å². The zero-order valence-corrected chi connectivity index (χ0v) is 11.8. The van der Waals surface area contributed by atoms with Gasteiger partial charge in [-0.15, -0.1) is 0 Å². The van der Waals surface area contributed by atoms with Crippen molar-refractivity contribution in [2.45, 2.75) is 43.2 Å². The molecule has 6 heteroatoms. The molecular weight excluding hydrogens is 248 g/mol. The van der Waals surface area contributed by atoms with Gasteiger partial charge in [-0.3, -0.25) is 4.90 Å². The molecule has 2 rings (SSSR count). The first-order chi connectivity index (χ1) is 8.73. The highest BCUT2D eigenvalue weighted by Gasteiger charge is 2.53. The molecule has 0 aromatic rings. The normalized spacial score (nSPS) is 46.4. The van der Waals surface area contributed by atoms with Gasteiger partial charge in [0.05, 0.1) is 17.8 Å². The second kappa shape index (κ2) is 5.27. The fourth-order valence-corrected chi connectivity index (χ4v) is 3.05. The molecule has 1 heterocycles. The summed E-state index contributed by atoms with van der Waals surface area (Å²) in [5.74, 6) is 0. The highest BCUT2D eigenvalue weighted by molar-refractivity contribution is 5.06. The molecule has 1 aliphatic heterocycles. The van der Waals surface area contributed by atoms with Crippen LogP contribution >= 0.6 is 0 Å². The molecule has 4 N–H and O–H groups in total. The standard InChI is InChI=1S/C13H26N2O4/c1-12(18)7-10(16)11(17)8-13(12,19)9-15-5-3-14(2)4-6-15/h10-11,16-19H,3-9H2,1-2H3. The second-order valence-electron chi connectivity index (χ2n) is 6.43. The van der Waals surface area contributed by atoms with Crippen LogP contribution < -0.4 is 0 Å². The average Bonchev–Trinajstić information content (AvgIpc) is 2.29. The zero-order chi connectivity index (χ0) is 14.3. The van der Waals surface area contributed by atoms with Crippen LogP contribution in [0.2, 0.25) is 0 Å². The van der Waals surface area contributed by atoms with Gasteiger partial charge in [0.25, 0.3) is 0 Å². The summed E-state index contributed by atoms with van der Waals surface area (Å²) in [4.78, 5) is 4.33. The Kier molecular flexibility index (Phi) is 4.21. The van der Waals surface area contributed by atoms with Crippen molar-refractivity contribution in [1.29, 1.82) is 0 Å². The molecule has 0 aromatic carbocycles. The van der Waals surface area contributed by atoms with E-state index in [1.54, 1.807) is 0 Å². The number of β-amino-alcohol motifs (C(OH)–C–C–N with tert-alkyl or cyclic N) is 1. The van der Waals surface area contributed by atoms with Gasteiger partial charge in [-0.25, -0.2) is 0 Å². The van der Waals surface area contributed by atoms with E-state index >= 15 is 0 Å². The van der Waals surface area contributed by atoms with E-state index in [1.165, 1.54) is 6.92 Å². The van der Waals surface area contributed by atoms with Crippen molar-refractivity contribution >= 4 is 0 Å². The number of nitrogens with zero attached hydrogens (tertiary/aromatic N) is 2. The molecule has 4 unspecified atom stereocenters. The Labute approximate surface area is 114 Å². The molecule has 0 aromatic heterocycles. The van der Waals surface area contributed by atoms with E-state index in [0.717, 1.165) is 26.2 Å². The van der Waals surface area contributed by atoms with Gasteiger partial charge in [0.15, 0.2) is 0 Å². The van der Waals surface area contributed by atoms with Gasteiger partial charge in [0, 0.05) is 45.6 Å². The minimum atomic E-state index is -1.38. The Morgan fingerprint density at radius 1 is 1.00 bits per heavy atom. The SMILES string of the molecule is CN1CCN(CC2(O)CC(O)C(O)CC2(C)O)CC1. The molecule has 2 fully saturated rings. The van der Waals surface area contributed by atoms with Crippen molar-refractivity contribution < 1.29 is 20.4 Å². The van der Waals surface area contributed by atoms with Crippen LogP contribution in [-0.2, 0) is 0 Å². The Balaban J connectivity index is 2.03. The summed E-state index contributed by atoms with van der Waals surface area (Å²) in [6.07, 6.45) is -1.94. The molecule has 0 bridgehead atoms. The molecule has 19 heavy (non-hydrogen) atoms. The summed E-state index contributed by atoms with van der Waals surface area (Å²) < 4.78 is 0. The van der Waals surface area contributed by atoms with Crippen LogP contribution in [0.15, 0.2) is 0 Å². The third-order valence-electron chi connectivity index (χ3n) is 4.68. The van der Waals surface area contributed by atoms with Gasteiger partial charge in [-0.2, -0.15) is 0 Å². The van der Waals surface area contributed by atoms with Crippen molar-refractivity contribution in [2.24, 2.45) is 0 Å². The number of aliphatic hydroxyl groups excluding tert-OH is 2. The highest BCUT2D eigenvalue weighted by atomic mass is 16.4. The lowest BCUT2D eigenvalue weighted by molar-refractivity contribution is -0.221. The molecule has 112 valence electrons. The average molecular weight is 274 g/mol. The Morgan fingerprint density at radius 2 is 1.53 bits per heavy atom. The maximum atomic E-state index is 10.7. The fraction of sp³-hybridized carbons (Fsp3) is 1.00. The molecule has 1 saturated heterocycles. The van der Waals surface area contributed by atoms with Crippen molar-refractivity contribution in [1.82, 2.24) is 9.80 Å². The minimum absolute atomic E-state index is 0.00158. The summed E-state index contributed by atoms with van der Waals surface area (Å²) in [6.45, 7) is 5.42. The number of hydrogen-bond acceptors (Lipinski definition) is 6. The van der Waals surface area contributed by atoms with Gasteiger partial charge < -0.3 is 25.3 Å². The summed E-state index contributed by atoms with van der Waals surface area (Å²) in [5.41, 5.74) is -2.75. The van der Waals surface area contributed by atoms with E-state index in [4.69, 9.17) is 0 Å². The first-order valence-corrected chi connectivity index (χ1v) is 6.95. The van der Waals surface area contributed by atoms with Gasteiger partial charge >= 0.3 is 0 Å². The predicted octanol–water partition coefficient (Wildman–Crippen LogP) is -1.77. The van der Waals surface area contributed by atoms with Crippen LogP contribution in [0.5, 0.6) is 0 Å². The highest BCUT2D eigenvalue weighted by Crippen LogP contribution is 2.38. The first-order valence-electron chi connectivity index (χ1n) is 6.95. The van der Waals surface area contributed by atoms with Crippen molar-refractivity contribution in [3.05, 3.63) is 0 Å². The molecule has 1 aliphatic carbocycles. The van der Waals surface area contributed by atoms with Gasteiger partial charge in [-0.1, -0.05) is 0 Å². The quantitative estimate of drug-likeness (QED) is 0.477. The third kappa shape index (κ3) is 3.09. The molecule has 0 spiro atoms. The van der Waals surface area contributed by atoms with E-state index in [-0.39, 0.29) is 12.8 Å². The van der Waals surface area contributed by atoms with Crippen molar-refractivity contribution in [2.75, 3.05) is 39.8 Å². The smallest absolute Gasteiger partial charge is 0.108 e. The van der Waals surface area contributed by atoms with Crippen LogP contribution in [0.25, 0.3) is 0 Å². The number of piperazine rings is 1. The number of hydrogen-bond donors (Lipinski definition) is 4. The molecule has 6 nitrogen and oxygen atoms in total. The van der Waals surface area contributed by atoms with Gasteiger partial charge in [-0.05, 0) is 14.0 Å². The number of likely N-dealkylation sites (N-methyl/N-ethyl adjacent to an activating group) is 1. The summed E-state index contributed by atoms with van der Waals surface area (Å²) in [6, 6.07) is 0. The van der Waals surface area contributed by atoms with Crippen LogP contribution in [0, 0.1) is 0 Å². The van der Waals surface area contributed by atoms with E-state index in [2.05, 4.69) is 16.8 Å². The summed E-state index contributed by atoms with van der Waals surface area (Å²) >= 11 is 0. The molecule has 0 amide bonds. The van der Waals surface area contributed by atoms with Crippen LogP contribution in [0.4, 0.5) is 0 Å². The van der Waals surface area contributed by atoms with Gasteiger partial charge in [0.1, 0.15) is 5.60 Å². The number of rotatable bonds is 2. The Morgan fingerprint density at radius 3 is 2.11 bits per heavy atom. The van der Waals surface area contributed by atoms with Crippen LogP contribution in [0.3, 0.4) is 0 Å². The number of aliphatic hydroxyl groups is 4. The van der Waals surface area contributed by atoms with E-state index in [9.17, 15) is 20.4 Å². The Hall–Kier alpha value is -0.240. The fourth-order valence-electron chi connectivity index (χ4n) is 3.05. The minimum Gasteiger partial charge on any atom is -0.390 e. The van der Waals surface area contributed by atoms with Crippen LogP contribution in [-0.4, -0.2) is 93.4 Å². The van der Waals surface area contributed by atoms with Crippen molar-refractivity contribution in [3.63, 3.8) is 0 Å². The molecule has 4 atom stereocenters. The molecule has 0 radical (unpaired) electrons. The predicted molar refractivity (Wildman–Crippen MR) is 70.8 cm³/mol. The first kappa shape index (κ1) is 15.2. The molecule has 2 aliphatic rings. The Bertz CT molecular complexity index is 318. The largest absolute Gasteiger partial charge is 0.390 e. The topological polar surface area (TPSA) is 87.4 Å². The van der Waals surface area contributed by atoms with E-state index < -0.39 is 23.4 Å². The molecule has 1 saturated carbocycles. The maximum absolute atomic E-state index is 10.7. The summed E-state index contributed by atoms with van der Waals surface area (Å²) in [7, 11) is 2.06. The second-order valence-corrected chi connectivity index (χ2v) is 6.43. The van der Waals surface area contributed by atoms with E-state index in [0.29, 0.717) is 6.54 Å². The van der Waals surface area contributed by atoms with Crippen molar-refractivity contribution in [3.8, 4) is 0 Å². The summed E-state index contributed by atoms with van der Waals surface area (Å²) in [5, 5.41) is 40.5. The lowest BCUT2D eigenvalue weighted by Crippen LogP contribution is -2.66.